The van der Waals surface area contributed by atoms with E-state index in [0.717, 1.165) is 5.56 Å². The number of thioether (sulfide) groups is 1. The number of rotatable bonds is 6. The largest absolute Gasteiger partial charge is 0.481 e. The SMILES string of the molecule is O=C(O)CCNCc1ccc(SC(F)(F)F)cc1. The number of benzene rings is 1. The molecular formula is C11H12F3NO2S. The molecule has 3 nitrogen and oxygen atoms in total. The molecule has 0 atom stereocenters. The lowest BCUT2D eigenvalue weighted by molar-refractivity contribution is -0.136. The minimum absolute atomic E-state index is 0.0159. The van der Waals surface area contributed by atoms with Crippen molar-refractivity contribution in [2.45, 2.75) is 23.4 Å². The van der Waals surface area contributed by atoms with Crippen molar-refractivity contribution in [2.75, 3.05) is 6.54 Å². The second-order valence-electron chi connectivity index (χ2n) is 3.51. The third kappa shape index (κ3) is 6.51. The van der Waals surface area contributed by atoms with Gasteiger partial charge in [-0.3, -0.25) is 4.79 Å². The van der Waals surface area contributed by atoms with Gasteiger partial charge in [-0.2, -0.15) is 13.2 Å². The predicted molar refractivity (Wildman–Crippen MR) is 62.3 cm³/mol. The van der Waals surface area contributed by atoms with Gasteiger partial charge in [-0.25, -0.2) is 0 Å². The van der Waals surface area contributed by atoms with Crippen LogP contribution >= 0.6 is 11.8 Å². The second kappa shape index (κ2) is 6.65. The van der Waals surface area contributed by atoms with E-state index in [-0.39, 0.29) is 23.1 Å². The highest BCUT2D eigenvalue weighted by Gasteiger charge is 2.28. The maximum atomic E-state index is 12.1. The molecule has 7 heteroatoms. The van der Waals surface area contributed by atoms with Crippen LogP contribution in [0.1, 0.15) is 12.0 Å². The van der Waals surface area contributed by atoms with Gasteiger partial charge in [0.25, 0.3) is 0 Å². The van der Waals surface area contributed by atoms with Gasteiger partial charge in [0, 0.05) is 18.0 Å². The maximum absolute atomic E-state index is 12.1. The molecule has 0 radical (unpaired) electrons. The monoisotopic (exact) mass is 279 g/mol. The van der Waals surface area contributed by atoms with Crippen LogP contribution in [-0.2, 0) is 11.3 Å². The van der Waals surface area contributed by atoms with E-state index < -0.39 is 11.5 Å². The molecule has 1 rings (SSSR count). The Morgan fingerprint density at radius 1 is 1.28 bits per heavy atom. The number of carbonyl (C=O) groups is 1. The first-order valence-corrected chi connectivity index (χ1v) is 5.96. The molecule has 0 spiro atoms. The van der Waals surface area contributed by atoms with E-state index >= 15 is 0 Å². The lowest BCUT2D eigenvalue weighted by Gasteiger charge is -2.07. The first kappa shape index (κ1) is 14.8. The number of halogens is 3. The van der Waals surface area contributed by atoms with E-state index in [1.807, 2.05) is 0 Å². The van der Waals surface area contributed by atoms with Crippen molar-refractivity contribution in [2.24, 2.45) is 0 Å². The van der Waals surface area contributed by atoms with Gasteiger partial charge in [-0.15, -0.1) is 0 Å². The summed E-state index contributed by atoms with van der Waals surface area (Å²) in [5.41, 5.74) is -3.46. The van der Waals surface area contributed by atoms with Gasteiger partial charge in [0.2, 0.25) is 0 Å². The predicted octanol–water partition coefficient (Wildman–Crippen LogP) is 2.86. The Labute approximate surface area is 106 Å². The summed E-state index contributed by atoms with van der Waals surface area (Å²) in [5.74, 6) is -0.889. The van der Waals surface area contributed by atoms with Gasteiger partial charge in [0.15, 0.2) is 0 Å². The lowest BCUT2D eigenvalue weighted by Crippen LogP contribution is -2.17. The summed E-state index contributed by atoms with van der Waals surface area (Å²) in [5, 5.41) is 11.3. The first-order valence-electron chi connectivity index (χ1n) is 5.14. The van der Waals surface area contributed by atoms with Crippen LogP contribution in [0.15, 0.2) is 29.2 Å². The van der Waals surface area contributed by atoms with E-state index in [2.05, 4.69) is 5.32 Å². The van der Waals surface area contributed by atoms with E-state index in [1.165, 1.54) is 12.1 Å². The Balaban J connectivity index is 2.38. The van der Waals surface area contributed by atoms with E-state index in [1.54, 1.807) is 12.1 Å². The zero-order valence-electron chi connectivity index (χ0n) is 9.33. The standard InChI is InChI=1S/C11H12F3NO2S/c12-11(13,14)18-9-3-1-8(2-4-9)7-15-6-5-10(16)17/h1-4,15H,5-7H2,(H,16,17). The van der Waals surface area contributed by atoms with Crippen molar-refractivity contribution in [3.8, 4) is 0 Å². The van der Waals surface area contributed by atoms with Crippen molar-refractivity contribution in [3.05, 3.63) is 29.8 Å². The van der Waals surface area contributed by atoms with Crippen LogP contribution in [0.25, 0.3) is 0 Å². The molecule has 0 aliphatic rings. The molecule has 0 saturated carbocycles. The van der Waals surface area contributed by atoms with Crippen LogP contribution < -0.4 is 5.32 Å². The fourth-order valence-corrected chi connectivity index (χ4v) is 1.78. The van der Waals surface area contributed by atoms with Crippen molar-refractivity contribution < 1.29 is 23.1 Å². The molecule has 0 saturated heterocycles. The summed E-state index contributed by atoms with van der Waals surface area (Å²) in [7, 11) is 0. The molecule has 0 bridgehead atoms. The van der Waals surface area contributed by atoms with E-state index in [4.69, 9.17) is 5.11 Å². The molecule has 0 heterocycles. The smallest absolute Gasteiger partial charge is 0.446 e. The minimum atomic E-state index is -4.28. The molecule has 0 unspecified atom stereocenters. The fourth-order valence-electron chi connectivity index (χ4n) is 1.24. The third-order valence-corrected chi connectivity index (χ3v) is 2.74. The van der Waals surface area contributed by atoms with Gasteiger partial charge < -0.3 is 10.4 Å². The van der Waals surface area contributed by atoms with Gasteiger partial charge in [0.1, 0.15) is 0 Å². The molecular weight excluding hydrogens is 267 g/mol. The van der Waals surface area contributed by atoms with Gasteiger partial charge in [-0.1, -0.05) is 12.1 Å². The molecule has 1 aromatic carbocycles. The van der Waals surface area contributed by atoms with Gasteiger partial charge in [0.05, 0.1) is 6.42 Å². The quantitative estimate of drug-likeness (QED) is 0.621. The van der Waals surface area contributed by atoms with Crippen LogP contribution in [0.4, 0.5) is 13.2 Å². The van der Waals surface area contributed by atoms with Crippen LogP contribution in [-0.4, -0.2) is 23.1 Å². The molecule has 0 aliphatic carbocycles. The fraction of sp³-hybridized carbons (Fsp3) is 0.364. The highest BCUT2D eigenvalue weighted by Crippen LogP contribution is 2.36. The Morgan fingerprint density at radius 2 is 1.89 bits per heavy atom. The molecule has 0 amide bonds. The highest BCUT2D eigenvalue weighted by molar-refractivity contribution is 8.00. The van der Waals surface area contributed by atoms with Crippen molar-refractivity contribution in [3.63, 3.8) is 0 Å². The highest BCUT2D eigenvalue weighted by atomic mass is 32.2. The topological polar surface area (TPSA) is 49.3 Å². The average molecular weight is 279 g/mol. The molecule has 1 aromatic rings. The number of alkyl halides is 3. The third-order valence-electron chi connectivity index (χ3n) is 2.00. The van der Waals surface area contributed by atoms with Crippen molar-refractivity contribution >= 4 is 17.7 Å². The molecule has 2 N–H and O–H groups in total. The second-order valence-corrected chi connectivity index (χ2v) is 4.65. The first-order chi connectivity index (χ1) is 8.37. The number of nitrogens with one attached hydrogen (secondary N) is 1. The summed E-state index contributed by atoms with van der Waals surface area (Å²) < 4.78 is 36.2. The summed E-state index contributed by atoms with van der Waals surface area (Å²) in [4.78, 5) is 10.4. The normalized spacial score (nSPS) is 11.5. The number of aliphatic carboxylic acids is 1. The van der Waals surface area contributed by atoms with Gasteiger partial charge in [-0.05, 0) is 29.5 Å². The summed E-state index contributed by atoms with van der Waals surface area (Å²) in [6, 6.07) is 5.96. The molecule has 0 aliphatic heterocycles. The summed E-state index contributed by atoms with van der Waals surface area (Å²) in [6.45, 7) is 0.763. The number of hydrogen-bond donors (Lipinski definition) is 2. The average Bonchev–Trinajstić information content (AvgIpc) is 2.24. The Kier molecular flexibility index (Phi) is 5.49. The molecule has 0 fully saturated rings. The molecule has 0 aromatic heterocycles. The van der Waals surface area contributed by atoms with E-state index in [0.29, 0.717) is 13.1 Å². The number of hydrogen-bond acceptors (Lipinski definition) is 3. The van der Waals surface area contributed by atoms with Gasteiger partial charge >= 0.3 is 11.5 Å². The van der Waals surface area contributed by atoms with Crippen molar-refractivity contribution in [1.82, 2.24) is 5.32 Å². The summed E-state index contributed by atoms with van der Waals surface area (Å²) in [6.07, 6.45) is 0.0159. The molecule has 100 valence electrons. The van der Waals surface area contributed by atoms with Crippen LogP contribution in [0, 0.1) is 0 Å². The number of carboxylic acid groups (broad SMARTS) is 1. The molecule has 18 heavy (non-hydrogen) atoms. The number of carboxylic acids is 1. The van der Waals surface area contributed by atoms with Crippen LogP contribution in [0.3, 0.4) is 0 Å². The van der Waals surface area contributed by atoms with Crippen LogP contribution in [0.5, 0.6) is 0 Å². The Hall–Kier alpha value is -1.21. The minimum Gasteiger partial charge on any atom is -0.481 e. The van der Waals surface area contributed by atoms with E-state index in [9.17, 15) is 18.0 Å². The lowest BCUT2D eigenvalue weighted by atomic mass is 10.2. The van der Waals surface area contributed by atoms with Crippen LogP contribution in [0.2, 0.25) is 0 Å². The zero-order chi connectivity index (χ0) is 13.6. The van der Waals surface area contributed by atoms with Crippen molar-refractivity contribution in [1.29, 1.82) is 0 Å². The Bertz CT molecular complexity index is 392. The summed E-state index contributed by atoms with van der Waals surface area (Å²) >= 11 is -0.156. The Morgan fingerprint density at radius 3 is 2.39 bits per heavy atom. The zero-order valence-corrected chi connectivity index (χ0v) is 10.1. The maximum Gasteiger partial charge on any atom is 0.446 e.